The van der Waals surface area contributed by atoms with E-state index in [4.69, 9.17) is 9.47 Å². The van der Waals surface area contributed by atoms with E-state index in [1.165, 1.54) is 35.4 Å². The number of carbonyl (C=O) groups excluding carboxylic acids is 3. The van der Waals surface area contributed by atoms with Gasteiger partial charge in [-0.05, 0) is 40.5 Å². The Balaban J connectivity index is 1.22. The highest BCUT2D eigenvalue weighted by atomic mass is 16.6. The Morgan fingerprint density at radius 3 is 2.14 bits per heavy atom. The summed E-state index contributed by atoms with van der Waals surface area (Å²) in [7, 11) is 1.31. The highest BCUT2D eigenvalue weighted by molar-refractivity contribution is 5.93. The van der Waals surface area contributed by atoms with Crippen LogP contribution < -0.4 is 4.90 Å². The molecule has 1 heterocycles. The van der Waals surface area contributed by atoms with Gasteiger partial charge in [0.1, 0.15) is 12.9 Å². The molecule has 3 aromatic rings. The first kappa shape index (κ1) is 22.7. The fraction of sp³-hybridized carbons (Fsp3) is 0.250. The Hall–Kier alpha value is -4.13. The summed E-state index contributed by atoms with van der Waals surface area (Å²) < 4.78 is 10.6. The van der Waals surface area contributed by atoms with Crippen LogP contribution in [0.3, 0.4) is 0 Å². The first-order valence-corrected chi connectivity index (χ1v) is 11.6. The van der Waals surface area contributed by atoms with Gasteiger partial charge in [0.25, 0.3) is 0 Å². The number of hydrogen-bond acceptors (Lipinski definition) is 6. The van der Waals surface area contributed by atoms with E-state index in [0.29, 0.717) is 43.6 Å². The second kappa shape index (κ2) is 9.62. The number of piperazine rings is 1. The lowest BCUT2D eigenvalue weighted by molar-refractivity contribution is 0.0600. The predicted octanol–water partition coefficient (Wildman–Crippen LogP) is 4.36. The SMILES string of the molecule is COC(=O)c1cc(C=O)cc(N2CCN(C(=O)OCC3c4ccccc4-c4ccccc43)CC2)c1. The maximum Gasteiger partial charge on any atom is 0.409 e. The van der Waals surface area contributed by atoms with Gasteiger partial charge in [-0.15, -0.1) is 0 Å². The van der Waals surface area contributed by atoms with Crippen LogP contribution in [0.25, 0.3) is 11.1 Å². The van der Waals surface area contributed by atoms with Crippen LogP contribution in [0.15, 0.2) is 66.7 Å². The van der Waals surface area contributed by atoms with Crippen molar-refractivity contribution in [3.8, 4) is 11.1 Å². The third-order valence-electron chi connectivity index (χ3n) is 6.74. The maximum atomic E-state index is 12.9. The molecule has 0 saturated carbocycles. The van der Waals surface area contributed by atoms with Gasteiger partial charge in [-0.2, -0.15) is 0 Å². The lowest BCUT2D eigenvalue weighted by atomic mass is 9.98. The highest BCUT2D eigenvalue weighted by Crippen LogP contribution is 2.44. The summed E-state index contributed by atoms with van der Waals surface area (Å²) in [5, 5.41) is 0. The van der Waals surface area contributed by atoms with E-state index in [2.05, 4.69) is 24.3 Å². The summed E-state index contributed by atoms with van der Waals surface area (Å²) in [4.78, 5) is 39.9. The Kier molecular flexibility index (Phi) is 6.23. The Labute approximate surface area is 203 Å². The van der Waals surface area contributed by atoms with Crippen molar-refractivity contribution in [2.24, 2.45) is 0 Å². The maximum absolute atomic E-state index is 12.9. The standard InChI is InChI=1S/C28H26N2O5/c1-34-27(32)20-14-19(17-31)15-21(16-20)29-10-12-30(13-11-29)28(33)35-18-26-24-8-4-2-6-22(24)23-7-3-5-9-25(23)26/h2-9,14-17,26H,10-13,18H2,1H3. The number of benzene rings is 3. The molecule has 7 nitrogen and oxygen atoms in total. The monoisotopic (exact) mass is 470 g/mol. The van der Waals surface area contributed by atoms with Crippen molar-refractivity contribution in [1.82, 2.24) is 4.90 Å². The molecule has 7 heteroatoms. The topological polar surface area (TPSA) is 76.2 Å². The van der Waals surface area contributed by atoms with Gasteiger partial charge in [-0.1, -0.05) is 48.5 Å². The van der Waals surface area contributed by atoms with E-state index in [-0.39, 0.29) is 18.6 Å². The summed E-state index contributed by atoms with van der Waals surface area (Å²) in [6, 6.07) is 21.5. The average molecular weight is 471 g/mol. The Morgan fingerprint density at radius 2 is 1.54 bits per heavy atom. The first-order chi connectivity index (χ1) is 17.1. The zero-order chi connectivity index (χ0) is 24.4. The molecule has 0 bridgehead atoms. The molecule has 0 atom stereocenters. The van der Waals surface area contributed by atoms with Crippen LogP contribution in [0.4, 0.5) is 10.5 Å². The zero-order valence-corrected chi connectivity index (χ0v) is 19.5. The smallest absolute Gasteiger partial charge is 0.409 e. The van der Waals surface area contributed by atoms with Crippen molar-refractivity contribution < 1.29 is 23.9 Å². The van der Waals surface area contributed by atoms with Gasteiger partial charge in [-0.3, -0.25) is 4.79 Å². The van der Waals surface area contributed by atoms with Crippen LogP contribution in [0, 0.1) is 0 Å². The van der Waals surface area contributed by atoms with Crippen molar-refractivity contribution in [3.05, 3.63) is 89.0 Å². The van der Waals surface area contributed by atoms with Gasteiger partial charge in [-0.25, -0.2) is 9.59 Å². The molecule has 1 fully saturated rings. The fourth-order valence-electron chi connectivity index (χ4n) is 4.95. The summed E-state index contributed by atoms with van der Waals surface area (Å²) in [6.07, 6.45) is 0.381. The number of ether oxygens (including phenoxy) is 2. The minimum atomic E-state index is -0.493. The van der Waals surface area contributed by atoms with Crippen molar-refractivity contribution in [2.45, 2.75) is 5.92 Å². The average Bonchev–Trinajstić information content (AvgIpc) is 3.24. The molecule has 5 rings (SSSR count). The van der Waals surface area contributed by atoms with E-state index in [0.717, 1.165) is 5.69 Å². The van der Waals surface area contributed by atoms with Crippen LogP contribution in [0.2, 0.25) is 0 Å². The quantitative estimate of drug-likeness (QED) is 0.408. The Bertz CT molecular complexity index is 1230. The number of esters is 1. The molecule has 2 aliphatic rings. The molecule has 1 saturated heterocycles. The van der Waals surface area contributed by atoms with Crippen molar-refractivity contribution >= 4 is 24.0 Å². The number of nitrogens with zero attached hydrogens (tertiary/aromatic N) is 2. The third kappa shape index (κ3) is 4.37. The van der Waals surface area contributed by atoms with Gasteiger partial charge < -0.3 is 19.3 Å². The fourth-order valence-corrected chi connectivity index (χ4v) is 4.95. The number of fused-ring (bicyclic) bond motifs is 3. The lowest BCUT2D eigenvalue weighted by Gasteiger charge is -2.36. The normalized spacial score (nSPS) is 14.8. The largest absolute Gasteiger partial charge is 0.465 e. The van der Waals surface area contributed by atoms with E-state index in [1.54, 1.807) is 17.0 Å². The molecule has 1 amide bonds. The van der Waals surface area contributed by atoms with Gasteiger partial charge >= 0.3 is 12.1 Å². The molecular weight excluding hydrogens is 444 g/mol. The van der Waals surface area contributed by atoms with Crippen molar-refractivity contribution in [1.29, 1.82) is 0 Å². The summed E-state index contributed by atoms with van der Waals surface area (Å²) in [5.41, 5.74) is 6.24. The summed E-state index contributed by atoms with van der Waals surface area (Å²) in [5.74, 6) is -0.470. The first-order valence-electron chi connectivity index (χ1n) is 11.6. The molecule has 0 unspecified atom stereocenters. The second-order valence-electron chi connectivity index (χ2n) is 8.70. The molecule has 0 N–H and O–H groups in total. The van der Waals surface area contributed by atoms with Gasteiger partial charge in [0.05, 0.1) is 12.7 Å². The van der Waals surface area contributed by atoms with Crippen LogP contribution in [0.5, 0.6) is 0 Å². The highest BCUT2D eigenvalue weighted by Gasteiger charge is 2.30. The van der Waals surface area contributed by atoms with Crippen LogP contribution in [-0.4, -0.2) is 63.1 Å². The number of aldehydes is 1. The van der Waals surface area contributed by atoms with Crippen molar-refractivity contribution in [3.63, 3.8) is 0 Å². The van der Waals surface area contributed by atoms with E-state index >= 15 is 0 Å². The van der Waals surface area contributed by atoms with Crippen LogP contribution >= 0.6 is 0 Å². The van der Waals surface area contributed by atoms with E-state index < -0.39 is 5.97 Å². The summed E-state index contributed by atoms with van der Waals surface area (Å²) >= 11 is 0. The molecule has 0 spiro atoms. The van der Waals surface area contributed by atoms with Crippen molar-refractivity contribution in [2.75, 3.05) is 44.8 Å². The lowest BCUT2D eigenvalue weighted by Crippen LogP contribution is -2.49. The number of methoxy groups -OCH3 is 1. The van der Waals surface area contributed by atoms with E-state index in [9.17, 15) is 14.4 Å². The number of carbonyl (C=O) groups is 3. The molecular formula is C28H26N2O5. The molecule has 1 aliphatic carbocycles. The van der Waals surface area contributed by atoms with Crippen LogP contribution in [0.1, 0.15) is 37.8 Å². The number of rotatable bonds is 5. The van der Waals surface area contributed by atoms with Crippen LogP contribution in [-0.2, 0) is 9.47 Å². The van der Waals surface area contributed by atoms with Gasteiger partial charge in [0, 0.05) is 43.3 Å². The molecule has 1 aliphatic heterocycles. The van der Waals surface area contributed by atoms with E-state index in [1.807, 2.05) is 29.2 Å². The zero-order valence-electron chi connectivity index (χ0n) is 19.5. The Morgan fingerprint density at radius 1 is 0.914 bits per heavy atom. The molecule has 35 heavy (non-hydrogen) atoms. The summed E-state index contributed by atoms with van der Waals surface area (Å²) in [6.45, 7) is 2.38. The molecule has 0 radical (unpaired) electrons. The minimum absolute atomic E-state index is 0.0236. The molecule has 178 valence electrons. The van der Waals surface area contributed by atoms with Gasteiger partial charge in [0.15, 0.2) is 0 Å². The second-order valence-corrected chi connectivity index (χ2v) is 8.70. The number of anilines is 1. The molecule has 0 aromatic heterocycles. The molecule has 3 aromatic carbocycles. The number of hydrogen-bond donors (Lipinski definition) is 0. The minimum Gasteiger partial charge on any atom is -0.465 e. The van der Waals surface area contributed by atoms with Gasteiger partial charge in [0.2, 0.25) is 0 Å². The third-order valence-corrected chi connectivity index (χ3v) is 6.74. The number of amides is 1. The predicted molar refractivity (Wildman–Crippen MR) is 132 cm³/mol.